The first-order valence-corrected chi connectivity index (χ1v) is 12.9. The van der Waals surface area contributed by atoms with E-state index >= 15 is 0 Å². The average Bonchev–Trinajstić information content (AvgIpc) is 3.52. The highest BCUT2D eigenvalue weighted by Gasteiger charge is 2.41. The number of anilines is 1. The Hall–Kier alpha value is -4.41. The van der Waals surface area contributed by atoms with Crippen LogP contribution in [0.1, 0.15) is 30.9 Å². The molecular weight excluding hydrogens is 512 g/mol. The maximum absolute atomic E-state index is 13.6. The highest BCUT2D eigenvalue weighted by molar-refractivity contribution is 7.93. The second-order valence-electron chi connectivity index (χ2n) is 8.58. The van der Waals surface area contributed by atoms with E-state index < -0.39 is 20.9 Å². The first-order valence-electron chi connectivity index (χ1n) is 11.4. The van der Waals surface area contributed by atoms with Gasteiger partial charge >= 0.3 is 0 Å². The van der Waals surface area contributed by atoms with Crippen molar-refractivity contribution in [2.75, 3.05) is 18.9 Å². The zero-order valence-electron chi connectivity index (χ0n) is 21.3. The number of furan rings is 1. The zero-order valence-corrected chi connectivity index (χ0v) is 22.1. The molecule has 3 heterocycles. The van der Waals surface area contributed by atoms with Crippen LogP contribution in [0.3, 0.4) is 0 Å². The minimum absolute atomic E-state index is 0.0778. The van der Waals surface area contributed by atoms with E-state index in [1.807, 2.05) is 6.07 Å². The Balaban J connectivity index is 1.83. The molecule has 12 nitrogen and oxygen atoms in total. The number of methoxy groups -OCH3 is 2. The summed E-state index contributed by atoms with van der Waals surface area (Å²) in [5.74, 6) is 1.66. The number of sulfonamides is 1. The van der Waals surface area contributed by atoms with Crippen LogP contribution >= 0.6 is 0 Å². The number of pyridine rings is 1. The van der Waals surface area contributed by atoms with Gasteiger partial charge in [0.1, 0.15) is 39.9 Å². The number of hydrogen-bond acceptors (Lipinski definition) is 10. The maximum Gasteiger partial charge on any atom is 0.243 e. The van der Waals surface area contributed by atoms with Crippen molar-refractivity contribution in [3.05, 3.63) is 65.7 Å². The van der Waals surface area contributed by atoms with E-state index in [0.29, 0.717) is 28.7 Å². The Labute approximate surface area is 219 Å². The zero-order chi connectivity index (χ0) is 27.7. The molecule has 0 saturated carbocycles. The summed E-state index contributed by atoms with van der Waals surface area (Å²) in [6.45, 7) is 4.43. The van der Waals surface area contributed by atoms with Crippen molar-refractivity contribution in [1.29, 1.82) is 5.26 Å². The van der Waals surface area contributed by atoms with Gasteiger partial charge in [0.2, 0.25) is 21.8 Å². The molecule has 3 aromatic heterocycles. The fourth-order valence-electron chi connectivity index (χ4n) is 3.81. The number of nitrogens with one attached hydrogen (secondary N) is 1. The molecule has 0 fully saturated rings. The van der Waals surface area contributed by atoms with Gasteiger partial charge in [0, 0.05) is 6.20 Å². The van der Waals surface area contributed by atoms with Crippen LogP contribution in [-0.4, -0.2) is 52.7 Å². The van der Waals surface area contributed by atoms with Gasteiger partial charge in [0.15, 0.2) is 5.76 Å². The highest BCUT2D eigenvalue weighted by atomic mass is 32.2. The predicted molar refractivity (Wildman–Crippen MR) is 137 cm³/mol. The summed E-state index contributed by atoms with van der Waals surface area (Å²) in [6, 6.07) is 13.3. The molecule has 0 aliphatic heterocycles. The quantitative estimate of drug-likeness (QED) is 0.323. The lowest BCUT2D eigenvalue weighted by Gasteiger charge is -2.29. The molecule has 13 heteroatoms. The largest absolute Gasteiger partial charge is 0.494 e. The van der Waals surface area contributed by atoms with Crippen LogP contribution in [0.4, 0.5) is 5.95 Å². The van der Waals surface area contributed by atoms with Crippen molar-refractivity contribution in [3.8, 4) is 34.8 Å². The van der Waals surface area contributed by atoms with Crippen molar-refractivity contribution in [2.45, 2.75) is 31.6 Å². The second kappa shape index (κ2) is 10.2. The van der Waals surface area contributed by atoms with E-state index in [1.54, 1.807) is 37.3 Å². The van der Waals surface area contributed by atoms with E-state index in [4.69, 9.17) is 19.2 Å². The molecular formula is C25H26N6O6S. The first-order chi connectivity index (χ1) is 18.0. The van der Waals surface area contributed by atoms with Crippen LogP contribution in [0.25, 0.3) is 17.3 Å². The predicted octanol–water partition coefficient (Wildman–Crippen LogP) is 3.16. The summed E-state index contributed by atoms with van der Waals surface area (Å²) in [5, 5.41) is 27.1. The van der Waals surface area contributed by atoms with Crippen LogP contribution in [-0.2, 0) is 15.6 Å². The van der Waals surface area contributed by atoms with Gasteiger partial charge in [0.25, 0.3) is 0 Å². The molecule has 4 rings (SSSR count). The van der Waals surface area contributed by atoms with E-state index in [2.05, 4.69) is 19.9 Å². The van der Waals surface area contributed by atoms with E-state index in [1.165, 1.54) is 51.0 Å². The summed E-state index contributed by atoms with van der Waals surface area (Å²) in [5.41, 5.74) is -1.24. The van der Waals surface area contributed by atoms with Gasteiger partial charge in [-0.25, -0.2) is 8.42 Å². The Morgan fingerprint density at radius 1 is 1.13 bits per heavy atom. The van der Waals surface area contributed by atoms with Gasteiger partial charge in [-0.15, -0.1) is 10.2 Å². The summed E-state index contributed by atoms with van der Waals surface area (Å²) >= 11 is 0. The molecule has 0 radical (unpaired) electrons. The fraction of sp³-hybridized carbons (Fsp3) is 0.280. The van der Waals surface area contributed by atoms with Crippen molar-refractivity contribution in [1.82, 2.24) is 19.7 Å². The lowest BCUT2D eigenvalue weighted by Crippen LogP contribution is -2.43. The average molecular weight is 539 g/mol. The normalized spacial score (nSPS) is 13.8. The standard InChI is InChI=1S/C25H26N6O6S/c1-15-9-11-20(37-15)23-28-29-24(31(23)22-18(35-4)7-6-8-19(22)36-5)30-38(33,34)16(2)25(3,32)21-12-10-17(13-26)14-27-21/h6-12,14,16,32H,1-5H3,(H,29,30)/t16-,25?/m1/s1. The van der Waals surface area contributed by atoms with Gasteiger partial charge in [-0.3, -0.25) is 14.3 Å². The van der Waals surface area contributed by atoms with Crippen LogP contribution in [0, 0.1) is 18.3 Å². The Morgan fingerprint density at radius 3 is 2.34 bits per heavy atom. The maximum atomic E-state index is 13.6. The number of ether oxygens (including phenoxy) is 2. The number of benzene rings is 1. The Kier molecular flexibility index (Phi) is 7.12. The lowest BCUT2D eigenvalue weighted by atomic mass is 9.97. The number of hydrogen-bond donors (Lipinski definition) is 2. The topological polar surface area (TPSA) is 165 Å². The summed E-state index contributed by atoms with van der Waals surface area (Å²) < 4.78 is 47.8. The Bertz CT molecular complexity index is 1580. The molecule has 0 bridgehead atoms. The van der Waals surface area contributed by atoms with Crippen LogP contribution in [0.5, 0.6) is 11.5 Å². The first kappa shape index (κ1) is 26.6. The molecule has 4 aromatic rings. The van der Waals surface area contributed by atoms with Crippen LogP contribution in [0.2, 0.25) is 0 Å². The third-order valence-electron chi connectivity index (χ3n) is 6.15. The van der Waals surface area contributed by atoms with Gasteiger partial charge in [0.05, 0.1) is 25.5 Å². The molecule has 1 unspecified atom stereocenters. The SMILES string of the molecule is COc1cccc(OC)c1-n1c(NS(=O)(=O)[C@H](C)C(C)(O)c2ccc(C#N)cn2)nnc1-c1ccc(C)o1. The monoisotopic (exact) mass is 538 g/mol. The van der Waals surface area contributed by atoms with Crippen molar-refractivity contribution >= 4 is 16.0 Å². The smallest absolute Gasteiger partial charge is 0.243 e. The molecule has 0 amide bonds. The van der Waals surface area contributed by atoms with E-state index in [0.717, 1.165) is 0 Å². The molecule has 38 heavy (non-hydrogen) atoms. The lowest BCUT2D eigenvalue weighted by molar-refractivity contribution is 0.0521. The van der Waals surface area contributed by atoms with Gasteiger partial charge in [-0.05, 0) is 57.2 Å². The Morgan fingerprint density at radius 2 is 1.82 bits per heavy atom. The number of aliphatic hydroxyl groups is 1. The molecule has 0 saturated heterocycles. The van der Waals surface area contributed by atoms with Crippen molar-refractivity contribution in [3.63, 3.8) is 0 Å². The van der Waals surface area contributed by atoms with Crippen LogP contribution < -0.4 is 14.2 Å². The molecule has 2 atom stereocenters. The molecule has 0 aliphatic rings. The van der Waals surface area contributed by atoms with E-state index in [-0.39, 0.29) is 23.0 Å². The van der Waals surface area contributed by atoms with E-state index in [9.17, 15) is 13.5 Å². The number of para-hydroxylation sites is 1. The number of aromatic nitrogens is 4. The minimum atomic E-state index is -4.31. The van der Waals surface area contributed by atoms with Crippen LogP contribution in [0.15, 0.2) is 53.1 Å². The third-order valence-corrected chi connectivity index (χ3v) is 8.01. The van der Waals surface area contributed by atoms with Crippen molar-refractivity contribution < 1.29 is 27.4 Å². The number of nitrogens with zero attached hydrogens (tertiary/aromatic N) is 5. The molecule has 0 spiro atoms. The van der Waals surface area contributed by atoms with Gasteiger partial charge in [-0.2, -0.15) is 5.26 Å². The summed E-state index contributed by atoms with van der Waals surface area (Å²) in [6.07, 6.45) is 1.26. The third kappa shape index (κ3) is 4.79. The summed E-state index contributed by atoms with van der Waals surface area (Å²) in [7, 11) is -1.38. The number of aryl methyl sites for hydroxylation is 1. The minimum Gasteiger partial charge on any atom is -0.494 e. The van der Waals surface area contributed by atoms with Crippen molar-refractivity contribution in [2.24, 2.45) is 0 Å². The molecule has 1 aromatic carbocycles. The molecule has 198 valence electrons. The van der Waals surface area contributed by atoms with Gasteiger partial charge in [-0.1, -0.05) is 6.07 Å². The summed E-state index contributed by atoms with van der Waals surface area (Å²) in [4.78, 5) is 4.08. The second-order valence-corrected chi connectivity index (χ2v) is 10.6. The van der Waals surface area contributed by atoms with Gasteiger partial charge < -0.3 is 19.0 Å². The molecule has 2 N–H and O–H groups in total. The molecule has 0 aliphatic carbocycles. The highest BCUT2D eigenvalue weighted by Crippen LogP contribution is 2.38. The fourth-order valence-corrected chi connectivity index (χ4v) is 5.10. The number of nitriles is 1. The number of rotatable bonds is 9.